The van der Waals surface area contributed by atoms with Gasteiger partial charge in [-0.2, -0.15) is 0 Å². The Labute approximate surface area is 51.3 Å². The van der Waals surface area contributed by atoms with Crippen LogP contribution in [0.2, 0.25) is 0 Å². The lowest BCUT2D eigenvalue weighted by atomic mass is 10.1. The quantitative estimate of drug-likeness (QED) is 0.483. The van der Waals surface area contributed by atoms with Gasteiger partial charge in [0, 0.05) is 6.42 Å². The van der Waals surface area contributed by atoms with E-state index in [9.17, 15) is 8.78 Å². The number of rotatable bonds is 0. The largest absolute Gasteiger partial charge is 0.370 e. The van der Waals surface area contributed by atoms with Crippen LogP contribution in [-0.2, 0) is 4.74 Å². The molecule has 0 aromatic rings. The predicted octanol–water partition coefficient (Wildman–Crippen LogP) is 1.35. The predicted molar refractivity (Wildman–Crippen MR) is 27.4 cm³/mol. The second-order valence-electron chi connectivity index (χ2n) is 2.53. The number of hydrogen-bond acceptors (Lipinski definition) is 1. The zero-order valence-corrected chi connectivity index (χ0v) is 4.73. The van der Waals surface area contributed by atoms with Gasteiger partial charge in [0.15, 0.2) is 5.67 Å². The van der Waals surface area contributed by atoms with Crippen molar-refractivity contribution in [3.8, 4) is 0 Å². The van der Waals surface area contributed by atoms with Crippen LogP contribution in [0, 0.1) is 0 Å². The zero-order valence-electron chi connectivity index (χ0n) is 4.73. The third-order valence-electron chi connectivity index (χ3n) is 1.81. The van der Waals surface area contributed by atoms with E-state index in [1.54, 1.807) is 0 Å². The number of halogens is 2. The monoisotopic (exact) mass is 132 g/mol. The second kappa shape index (κ2) is 1.34. The number of ether oxygens (including phenoxy) is 1. The lowest BCUT2D eigenvalue weighted by Crippen LogP contribution is -2.22. The van der Waals surface area contributed by atoms with Crippen LogP contribution in [-0.4, -0.2) is 18.4 Å². The van der Waals surface area contributed by atoms with Gasteiger partial charge in [0.25, 0.3) is 0 Å². The van der Waals surface area contributed by atoms with Gasteiger partial charge >= 0.3 is 0 Å². The van der Waals surface area contributed by atoms with E-state index in [-0.39, 0.29) is 19.1 Å². The maximum atomic E-state index is 12.9. The standard InChI is InChI=1S/C6H6F2O/c7-5-1-4-2-6(5,8)3-9-4/h1,4H,2-3H2. The molecule has 2 unspecified atom stereocenters. The minimum absolute atomic E-state index is 0.0972. The molecule has 9 heavy (non-hydrogen) atoms. The van der Waals surface area contributed by atoms with Crippen molar-refractivity contribution in [2.24, 2.45) is 0 Å². The molecule has 0 radical (unpaired) electrons. The van der Waals surface area contributed by atoms with Crippen LogP contribution in [0.1, 0.15) is 6.42 Å². The SMILES string of the molecule is FC1=CC2CC1(F)CO2. The Kier molecular flexibility index (Phi) is 0.799. The fraction of sp³-hybridized carbons (Fsp3) is 0.667. The molecule has 2 atom stereocenters. The summed E-state index contributed by atoms with van der Waals surface area (Å²) >= 11 is 0. The van der Waals surface area contributed by atoms with Gasteiger partial charge in [0.05, 0.1) is 12.7 Å². The highest BCUT2D eigenvalue weighted by atomic mass is 19.2. The fourth-order valence-corrected chi connectivity index (χ4v) is 1.26. The van der Waals surface area contributed by atoms with Crippen molar-refractivity contribution >= 4 is 0 Å². The van der Waals surface area contributed by atoms with Crippen LogP contribution in [0.4, 0.5) is 8.78 Å². The molecule has 2 aliphatic rings. The Morgan fingerprint density at radius 3 is 2.78 bits per heavy atom. The molecule has 0 aromatic carbocycles. The van der Waals surface area contributed by atoms with Gasteiger partial charge in [-0.1, -0.05) is 0 Å². The first-order valence-corrected chi connectivity index (χ1v) is 2.89. The number of hydrogen-bond donors (Lipinski definition) is 0. The van der Waals surface area contributed by atoms with Gasteiger partial charge in [-0.25, -0.2) is 8.78 Å². The van der Waals surface area contributed by atoms with Crippen LogP contribution in [0.3, 0.4) is 0 Å². The summed E-state index contributed by atoms with van der Waals surface area (Å²) in [5.74, 6) is -0.640. The molecule has 1 nitrogen and oxygen atoms in total. The minimum atomic E-state index is -1.76. The van der Waals surface area contributed by atoms with E-state index in [1.165, 1.54) is 6.08 Å². The van der Waals surface area contributed by atoms with E-state index in [0.29, 0.717) is 0 Å². The fourth-order valence-electron chi connectivity index (χ4n) is 1.26. The molecule has 2 rings (SSSR count). The summed E-state index contributed by atoms with van der Waals surface area (Å²) in [4.78, 5) is 0. The summed E-state index contributed by atoms with van der Waals surface area (Å²) in [5.41, 5.74) is -1.76. The molecule has 1 aliphatic carbocycles. The average Bonchev–Trinajstić information content (AvgIpc) is 2.22. The maximum Gasteiger partial charge on any atom is 0.187 e. The lowest BCUT2D eigenvalue weighted by molar-refractivity contribution is 0.0841. The van der Waals surface area contributed by atoms with Crippen molar-refractivity contribution in [2.75, 3.05) is 6.61 Å². The molecule has 0 saturated carbocycles. The van der Waals surface area contributed by atoms with Gasteiger partial charge in [-0.15, -0.1) is 0 Å². The van der Waals surface area contributed by atoms with E-state index >= 15 is 0 Å². The highest BCUT2D eigenvalue weighted by Gasteiger charge is 2.49. The Bertz CT molecular complexity index is 178. The molecule has 2 bridgehead atoms. The van der Waals surface area contributed by atoms with E-state index in [4.69, 9.17) is 4.74 Å². The highest BCUT2D eigenvalue weighted by Crippen LogP contribution is 2.42. The summed E-state index contributed by atoms with van der Waals surface area (Å²) in [6.07, 6.45) is 1.09. The first kappa shape index (κ1) is 5.35. The first-order chi connectivity index (χ1) is 4.21. The van der Waals surface area contributed by atoms with Gasteiger partial charge in [-0.05, 0) is 6.08 Å². The van der Waals surface area contributed by atoms with E-state index in [1.807, 2.05) is 0 Å². The minimum Gasteiger partial charge on any atom is -0.370 e. The van der Waals surface area contributed by atoms with Crippen LogP contribution in [0.25, 0.3) is 0 Å². The third kappa shape index (κ3) is 0.553. The first-order valence-electron chi connectivity index (χ1n) is 2.89. The molecule has 0 aromatic heterocycles. The molecule has 0 N–H and O–H groups in total. The van der Waals surface area contributed by atoms with Crippen LogP contribution in [0.15, 0.2) is 11.9 Å². The molecule has 0 amide bonds. The van der Waals surface area contributed by atoms with Crippen LogP contribution < -0.4 is 0 Å². The summed E-state index contributed by atoms with van der Waals surface area (Å²) in [6.45, 7) is -0.0972. The molecule has 50 valence electrons. The molecule has 1 saturated heterocycles. The van der Waals surface area contributed by atoms with Gasteiger partial charge in [0.1, 0.15) is 5.83 Å². The maximum absolute atomic E-state index is 12.9. The van der Waals surface area contributed by atoms with Crippen molar-refractivity contribution < 1.29 is 13.5 Å². The lowest BCUT2D eigenvalue weighted by Gasteiger charge is -2.12. The molecule has 3 heteroatoms. The van der Waals surface area contributed by atoms with Crippen molar-refractivity contribution in [1.29, 1.82) is 0 Å². The van der Waals surface area contributed by atoms with Crippen molar-refractivity contribution in [3.63, 3.8) is 0 Å². The highest BCUT2D eigenvalue weighted by molar-refractivity contribution is 5.23. The Balaban J connectivity index is 2.37. The van der Waals surface area contributed by atoms with Crippen molar-refractivity contribution in [1.82, 2.24) is 0 Å². The molecule has 0 spiro atoms. The van der Waals surface area contributed by atoms with E-state index in [0.717, 1.165) is 0 Å². The summed E-state index contributed by atoms with van der Waals surface area (Å²) in [7, 11) is 0. The van der Waals surface area contributed by atoms with Gasteiger partial charge in [0.2, 0.25) is 0 Å². The Morgan fingerprint density at radius 1 is 1.78 bits per heavy atom. The summed E-state index contributed by atoms with van der Waals surface area (Å²) in [5, 5.41) is 0. The zero-order chi connectivity index (χ0) is 6.48. The molecule has 1 aliphatic heterocycles. The second-order valence-corrected chi connectivity index (χ2v) is 2.53. The molecule has 1 heterocycles. The topological polar surface area (TPSA) is 9.23 Å². The van der Waals surface area contributed by atoms with E-state index < -0.39 is 11.5 Å². The number of alkyl halides is 1. The number of fused-ring (bicyclic) bond motifs is 2. The smallest absolute Gasteiger partial charge is 0.187 e. The summed E-state index contributed by atoms with van der Waals surface area (Å²) < 4.78 is 30.2. The van der Waals surface area contributed by atoms with Crippen LogP contribution in [0.5, 0.6) is 0 Å². The van der Waals surface area contributed by atoms with Gasteiger partial charge in [-0.3, -0.25) is 0 Å². The molecular formula is C6H6F2O. The van der Waals surface area contributed by atoms with Crippen molar-refractivity contribution in [2.45, 2.75) is 18.2 Å². The van der Waals surface area contributed by atoms with Crippen LogP contribution >= 0.6 is 0 Å². The Morgan fingerprint density at radius 2 is 2.56 bits per heavy atom. The van der Waals surface area contributed by atoms with Gasteiger partial charge < -0.3 is 4.74 Å². The average molecular weight is 132 g/mol. The molecular weight excluding hydrogens is 126 g/mol. The normalized spacial score (nSPS) is 47.8. The third-order valence-corrected chi connectivity index (χ3v) is 1.81. The molecule has 1 fully saturated rings. The Hall–Kier alpha value is -0.440. The van der Waals surface area contributed by atoms with E-state index in [2.05, 4.69) is 0 Å². The van der Waals surface area contributed by atoms with Crippen molar-refractivity contribution in [3.05, 3.63) is 11.9 Å². The summed E-state index contributed by atoms with van der Waals surface area (Å²) in [6, 6.07) is 0.